The van der Waals surface area contributed by atoms with Gasteiger partial charge in [-0.25, -0.2) is 4.79 Å². The molecule has 150 valence electrons. The van der Waals surface area contributed by atoms with Gasteiger partial charge in [0.2, 0.25) is 0 Å². The number of benzene rings is 2. The zero-order chi connectivity index (χ0) is 20.3. The van der Waals surface area contributed by atoms with E-state index in [9.17, 15) is 4.79 Å². The van der Waals surface area contributed by atoms with Gasteiger partial charge in [-0.1, -0.05) is 54.6 Å². The van der Waals surface area contributed by atoms with Gasteiger partial charge >= 0.3 is 6.03 Å². The second-order valence-corrected chi connectivity index (χ2v) is 8.42. The minimum atomic E-state index is -0.121. The minimum absolute atomic E-state index is 0.0335. The lowest BCUT2D eigenvalue weighted by Gasteiger charge is -2.30. The van der Waals surface area contributed by atoms with Gasteiger partial charge in [-0.15, -0.1) is 11.3 Å². The summed E-state index contributed by atoms with van der Waals surface area (Å²) in [6.45, 7) is 1.18. The lowest BCUT2D eigenvalue weighted by molar-refractivity contribution is 0.181. The number of hydrogen-bond donors (Lipinski definition) is 1. The van der Waals surface area contributed by atoms with Gasteiger partial charge in [-0.2, -0.15) is 0 Å². The highest BCUT2D eigenvalue weighted by Crippen LogP contribution is 2.38. The Bertz CT molecular complexity index is 1130. The molecule has 0 fully saturated rings. The maximum atomic E-state index is 13.4. The summed E-state index contributed by atoms with van der Waals surface area (Å²) >= 11 is 1.69. The lowest BCUT2D eigenvalue weighted by atomic mass is 10.1. The van der Waals surface area contributed by atoms with Crippen molar-refractivity contribution in [3.8, 4) is 5.69 Å². The third-order valence-corrected chi connectivity index (χ3v) is 6.49. The van der Waals surface area contributed by atoms with Crippen molar-refractivity contribution in [2.24, 2.45) is 0 Å². The highest BCUT2D eigenvalue weighted by atomic mass is 32.1. The van der Waals surface area contributed by atoms with Crippen molar-refractivity contribution in [1.82, 2.24) is 14.8 Å². The summed E-state index contributed by atoms with van der Waals surface area (Å²) in [6, 6.07) is 26.8. The van der Waals surface area contributed by atoms with Crippen LogP contribution in [0.3, 0.4) is 0 Å². The molecule has 0 saturated carbocycles. The van der Waals surface area contributed by atoms with Crippen LogP contribution >= 0.6 is 11.3 Å². The first-order valence-corrected chi connectivity index (χ1v) is 11.1. The summed E-state index contributed by atoms with van der Waals surface area (Å²) in [5, 5.41) is 5.23. The van der Waals surface area contributed by atoms with E-state index < -0.39 is 0 Å². The Morgan fingerprint density at radius 1 is 0.967 bits per heavy atom. The van der Waals surface area contributed by atoms with E-state index in [1.54, 1.807) is 11.3 Å². The number of aromatic nitrogens is 1. The van der Waals surface area contributed by atoms with E-state index in [0.29, 0.717) is 13.1 Å². The monoisotopic (exact) mass is 413 g/mol. The third kappa shape index (κ3) is 3.53. The Labute approximate surface area is 180 Å². The zero-order valence-electron chi connectivity index (χ0n) is 16.6. The Morgan fingerprint density at radius 3 is 2.63 bits per heavy atom. The second-order valence-electron chi connectivity index (χ2n) is 7.45. The van der Waals surface area contributed by atoms with Gasteiger partial charge in [0.1, 0.15) is 6.04 Å². The summed E-state index contributed by atoms with van der Waals surface area (Å²) < 4.78 is 2.22. The Morgan fingerprint density at radius 2 is 1.80 bits per heavy atom. The molecule has 5 rings (SSSR count). The number of carbonyl (C=O) groups is 1. The van der Waals surface area contributed by atoms with E-state index in [1.807, 2.05) is 29.2 Å². The van der Waals surface area contributed by atoms with Crippen LogP contribution in [0.1, 0.15) is 27.7 Å². The molecule has 1 aliphatic rings. The number of nitrogens with one attached hydrogen (secondary N) is 1. The molecule has 2 aromatic heterocycles. The maximum Gasteiger partial charge on any atom is 0.318 e. The van der Waals surface area contributed by atoms with Crippen LogP contribution in [0.5, 0.6) is 0 Å². The first kappa shape index (κ1) is 18.7. The van der Waals surface area contributed by atoms with Gasteiger partial charge in [-0.05, 0) is 47.2 Å². The maximum absolute atomic E-state index is 13.4. The first-order chi connectivity index (χ1) is 14.8. The summed E-state index contributed by atoms with van der Waals surface area (Å²) in [7, 11) is 0. The highest BCUT2D eigenvalue weighted by molar-refractivity contribution is 7.10. The summed E-state index contributed by atoms with van der Waals surface area (Å²) in [5.41, 5.74) is 4.62. The second kappa shape index (κ2) is 8.20. The Balaban J connectivity index is 1.47. The number of thiophene rings is 1. The molecule has 0 bridgehead atoms. The molecule has 5 heteroatoms. The molecular formula is C25H23N3OS. The molecule has 2 amide bonds. The normalized spacial score (nSPS) is 15.2. The number of amides is 2. The van der Waals surface area contributed by atoms with E-state index in [-0.39, 0.29) is 12.1 Å². The fourth-order valence-electron chi connectivity index (χ4n) is 4.15. The molecule has 1 N–H and O–H groups in total. The van der Waals surface area contributed by atoms with E-state index in [0.717, 1.165) is 23.4 Å². The molecule has 0 radical (unpaired) electrons. The average molecular weight is 414 g/mol. The molecule has 4 aromatic rings. The molecule has 4 nitrogen and oxygen atoms in total. The fourth-order valence-corrected chi connectivity index (χ4v) is 4.99. The van der Waals surface area contributed by atoms with Crippen molar-refractivity contribution < 1.29 is 4.79 Å². The van der Waals surface area contributed by atoms with Crippen molar-refractivity contribution >= 4 is 17.4 Å². The predicted octanol–water partition coefficient (Wildman–Crippen LogP) is 5.40. The molecule has 2 aromatic carbocycles. The van der Waals surface area contributed by atoms with Crippen molar-refractivity contribution in [3.05, 3.63) is 112 Å². The van der Waals surface area contributed by atoms with E-state index in [2.05, 4.69) is 76.1 Å². The van der Waals surface area contributed by atoms with Crippen LogP contribution in [0.4, 0.5) is 4.79 Å². The van der Waals surface area contributed by atoms with Crippen LogP contribution in [0, 0.1) is 0 Å². The first-order valence-electron chi connectivity index (χ1n) is 10.2. The fraction of sp³-hybridized carbons (Fsp3) is 0.160. The number of nitrogens with zero attached hydrogens (tertiary/aromatic N) is 2. The van der Waals surface area contributed by atoms with Gasteiger partial charge in [0.05, 0.1) is 17.9 Å². The molecular weight excluding hydrogens is 390 g/mol. The number of para-hydroxylation sites is 1. The molecule has 1 aliphatic heterocycles. The van der Waals surface area contributed by atoms with Crippen LogP contribution < -0.4 is 5.32 Å². The Kier molecular flexibility index (Phi) is 5.11. The van der Waals surface area contributed by atoms with Crippen molar-refractivity contribution in [3.63, 3.8) is 0 Å². The van der Waals surface area contributed by atoms with E-state index >= 15 is 0 Å². The molecule has 0 saturated heterocycles. The number of urea groups is 1. The van der Waals surface area contributed by atoms with Gasteiger partial charge in [-0.3, -0.25) is 0 Å². The smallest absolute Gasteiger partial charge is 0.318 e. The quantitative estimate of drug-likeness (QED) is 0.478. The van der Waals surface area contributed by atoms with E-state index in [4.69, 9.17) is 0 Å². The average Bonchev–Trinajstić information content (AvgIpc) is 3.45. The number of fused-ring (bicyclic) bond motifs is 3. The standard InChI is InChI=1S/C25H23N3OS/c29-25(26-15-14-19-8-2-1-3-9-19)28-18-20-10-4-5-11-21(20)27-16-6-12-22(27)24(28)23-13-7-17-30-23/h1-13,16-17,24H,14-15,18H2,(H,26,29). The lowest BCUT2D eigenvalue weighted by Crippen LogP contribution is -2.42. The predicted molar refractivity (Wildman–Crippen MR) is 121 cm³/mol. The van der Waals surface area contributed by atoms with Crippen LogP contribution in [0.15, 0.2) is 90.4 Å². The number of carbonyl (C=O) groups excluding carboxylic acids is 1. The van der Waals surface area contributed by atoms with E-state index in [1.165, 1.54) is 10.4 Å². The molecule has 30 heavy (non-hydrogen) atoms. The topological polar surface area (TPSA) is 37.3 Å². The van der Waals surface area contributed by atoms with Crippen LogP contribution in [-0.4, -0.2) is 22.0 Å². The largest absolute Gasteiger partial charge is 0.338 e. The third-order valence-electron chi connectivity index (χ3n) is 5.57. The molecule has 1 unspecified atom stereocenters. The molecule has 1 atom stereocenters. The van der Waals surface area contributed by atoms with Gasteiger partial charge in [0.25, 0.3) is 0 Å². The van der Waals surface area contributed by atoms with Crippen LogP contribution in [0.25, 0.3) is 5.69 Å². The zero-order valence-corrected chi connectivity index (χ0v) is 17.4. The summed E-state index contributed by atoms with van der Waals surface area (Å²) in [5.74, 6) is 0. The highest BCUT2D eigenvalue weighted by Gasteiger charge is 2.33. The number of rotatable bonds is 4. The molecule has 3 heterocycles. The SMILES string of the molecule is O=C(NCCc1ccccc1)N1Cc2ccccc2-n2cccc2C1c1cccs1. The molecule has 0 spiro atoms. The summed E-state index contributed by atoms with van der Waals surface area (Å²) in [4.78, 5) is 16.5. The van der Waals surface area contributed by atoms with Crippen molar-refractivity contribution in [2.75, 3.05) is 6.54 Å². The van der Waals surface area contributed by atoms with Crippen molar-refractivity contribution in [2.45, 2.75) is 19.0 Å². The van der Waals surface area contributed by atoms with Gasteiger partial charge in [0, 0.05) is 17.6 Å². The van der Waals surface area contributed by atoms with Gasteiger partial charge in [0.15, 0.2) is 0 Å². The Hall–Kier alpha value is -3.31. The summed E-state index contributed by atoms with van der Waals surface area (Å²) in [6.07, 6.45) is 2.91. The molecule has 0 aliphatic carbocycles. The van der Waals surface area contributed by atoms with Crippen molar-refractivity contribution in [1.29, 1.82) is 0 Å². The van der Waals surface area contributed by atoms with Crippen LogP contribution in [-0.2, 0) is 13.0 Å². The van der Waals surface area contributed by atoms with Gasteiger partial charge < -0.3 is 14.8 Å². The minimum Gasteiger partial charge on any atom is -0.338 e. The van der Waals surface area contributed by atoms with Crippen LogP contribution in [0.2, 0.25) is 0 Å². The number of hydrogen-bond acceptors (Lipinski definition) is 2.